The van der Waals surface area contributed by atoms with E-state index >= 15 is 0 Å². The molecule has 7 rings (SSSR count). The van der Waals surface area contributed by atoms with E-state index in [1.54, 1.807) is 0 Å². The van der Waals surface area contributed by atoms with Crippen LogP contribution in [-0.4, -0.2) is 4.98 Å². The molecule has 2 aliphatic carbocycles. The summed E-state index contributed by atoms with van der Waals surface area (Å²) >= 11 is 0. The zero-order valence-corrected chi connectivity index (χ0v) is 21.0. The van der Waals surface area contributed by atoms with E-state index in [0.717, 1.165) is 17.0 Å². The maximum atomic E-state index is 5.25. The second kappa shape index (κ2) is 7.77. The molecule has 0 fully saturated rings. The topological polar surface area (TPSA) is 12.9 Å². The molecule has 0 amide bonds. The zero-order chi connectivity index (χ0) is 24.4. The van der Waals surface area contributed by atoms with Gasteiger partial charge in [0, 0.05) is 23.0 Å². The normalized spacial score (nSPS) is 18.2. The molecule has 0 bridgehead atoms. The summed E-state index contributed by atoms with van der Waals surface area (Å²) in [5, 5.41) is 5.36. The van der Waals surface area contributed by atoms with Crippen LogP contribution in [0.1, 0.15) is 49.3 Å². The standard InChI is InChI=1S/C35H29N/c1-35(2,3)23-20-18-22(19-21-23)30-16-9-17-31(36-30)32-27-12-6-7-13-28(27)33-25-11-5-4-10-24(25)26-14-8-15-29(32)34(26)33/h4-21,24-25H,1-3H3. The number of fused-ring (bicyclic) bond motifs is 5. The van der Waals surface area contributed by atoms with Crippen molar-refractivity contribution in [3.63, 3.8) is 0 Å². The summed E-state index contributed by atoms with van der Waals surface area (Å²) in [5.74, 6) is 0.808. The molecule has 1 heteroatoms. The van der Waals surface area contributed by atoms with Crippen LogP contribution < -0.4 is 0 Å². The number of pyridine rings is 1. The number of allylic oxidation sites excluding steroid dienone is 4. The lowest BCUT2D eigenvalue weighted by atomic mass is 9.84. The molecule has 1 nitrogen and oxygen atoms in total. The highest BCUT2D eigenvalue weighted by atomic mass is 14.7. The lowest BCUT2D eigenvalue weighted by molar-refractivity contribution is 0.590. The van der Waals surface area contributed by atoms with Crippen LogP contribution in [0.4, 0.5) is 0 Å². The molecule has 1 aromatic heterocycles. The van der Waals surface area contributed by atoms with Gasteiger partial charge in [0.25, 0.3) is 0 Å². The van der Waals surface area contributed by atoms with E-state index in [-0.39, 0.29) is 5.41 Å². The molecule has 0 aliphatic heterocycles. The summed E-state index contributed by atoms with van der Waals surface area (Å²) in [6.45, 7) is 6.76. The minimum atomic E-state index is 0.138. The van der Waals surface area contributed by atoms with Gasteiger partial charge in [-0.15, -0.1) is 0 Å². The van der Waals surface area contributed by atoms with E-state index in [4.69, 9.17) is 4.98 Å². The highest BCUT2D eigenvalue weighted by Crippen LogP contribution is 2.54. The van der Waals surface area contributed by atoms with Gasteiger partial charge in [-0.1, -0.05) is 118 Å². The molecular weight excluding hydrogens is 434 g/mol. The van der Waals surface area contributed by atoms with Crippen molar-refractivity contribution >= 4 is 21.5 Å². The molecule has 0 saturated carbocycles. The number of hydrogen-bond donors (Lipinski definition) is 0. The fourth-order valence-electron chi connectivity index (χ4n) is 6.25. The number of hydrogen-bond acceptors (Lipinski definition) is 1. The molecule has 0 N–H and O–H groups in total. The Kier molecular flexibility index (Phi) is 4.60. The molecule has 0 spiro atoms. The van der Waals surface area contributed by atoms with Gasteiger partial charge >= 0.3 is 0 Å². The van der Waals surface area contributed by atoms with Crippen molar-refractivity contribution < 1.29 is 0 Å². The summed E-state index contributed by atoms with van der Waals surface area (Å²) in [5.41, 5.74) is 8.83. The first kappa shape index (κ1) is 21.3. The molecule has 0 saturated heterocycles. The summed E-state index contributed by atoms with van der Waals surface area (Å²) in [6.07, 6.45) is 9.15. The van der Waals surface area contributed by atoms with Gasteiger partial charge in [-0.3, -0.25) is 0 Å². The Labute approximate surface area is 212 Å². The Balaban J connectivity index is 1.47. The summed E-state index contributed by atoms with van der Waals surface area (Å²) in [7, 11) is 0. The van der Waals surface area contributed by atoms with Gasteiger partial charge in [-0.05, 0) is 55.8 Å². The lowest BCUT2D eigenvalue weighted by Crippen LogP contribution is -2.10. The monoisotopic (exact) mass is 463 g/mol. The summed E-state index contributed by atoms with van der Waals surface area (Å²) in [4.78, 5) is 5.25. The number of benzene rings is 4. The molecule has 36 heavy (non-hydrogen) atoms. The van der Waals surface area contributed by atoms with E-state index < -0.39 is 0 Å². The maximum absolute atomic E-state index is 5.25. The fourth-order valence-corrected chi connectivity index (χ4v) is 6.25. The van der Waals surface area contributed by atoms with Gasteiger partial charge in [0.05, 0.1) is 11.4 Å². The number of nitrogens with zero attached hydrogens (tertiary/aromatic N) is 1. The predicted octanol–water partition coefficient (Wildman–Crippen LogP) is 9.33. The van der Waals surface area contributed by atoms with Crippen LogP contribution in [-0.2, 0) is 5.41 Å². The molecule has 174 valence electrons. The van der Waals surface area contributed by atoms with Gasteiger partial charge in [0.1, 0.15) is 0 Å². The van der Waals surface area contributed by atoms with Crippen molar-refractivity contribution in [3.05, 3.63) is 126 Å². The second-order valence-electron chi connectivity index (χ2n) is 11.2. The van der Waals surface area contributed by atoms with Gasteiger partial charge in [-0.25, -0.2) is 4.98 Å². The minimum absolute atomic E-state index is 0.138. The largest absolute Gasteiger partial charge is 0.248 e. The fraction of sp³-hybridized carbons (Fsp3) is 0.171. The Bertz CT molecular complexity index is 1710. The number of rotatable bonds is 2. The van der Waals surface area contributed by atoms with E-state index in [1.807, 2.05) is 0 Å². The van der Waals surface area contributed by atoms with Crippen LogP contribution in [0.3, 0.4) is 0 Å². The van der Waals surface area contributed by atoms with Gasteiger partial charge < -0.3 is 0 Å². The quantitative estimate of drug-likeness (QED) is 0.238. The van der Waals surface area contributed by atoms with Crippen molar-refractivity contribution in [2.75, 3.05) is 0 Å². The van der Waals surface area contributed by atoms with Gasteiger partial charge in [0.15, 0.2) is 0 Å². The minimum Gasteiger partial charge on any atom is -0.248 e. The lowest BCUT2D eigenvalue weighted by Gasteiger charge is -2.20. The zero-order valence-electron chi connectivity index (χ0n) is 21.0. The van der Waals surface area contributed by atoms with Crippen molar-refractivity contribution in [2.45, 2.75) is 38.0 Å². The second-order valence-corrected chi connectivity index (χ2v) is 11.2. The van der Waals surface area contributed by atoms with E-state index in [1.165, 1.54) is 43.8 Å². The Morgan fingerprint density at radius 3 is 2.06 bits per heavy atom. The first-order chi connectivity index (χ1) is 17.5. The third kappa shape index (κ3) is 3.12. The Morgan fingerprint density at radius 2 is 1.28 bits per heavy atom. The molecule has 2 unspecified atom stereocenters. The van der Waals surface area contributed by atoms with E-state index in [0.29, 0.717) is 11.8 Å². The van der Waals surface area contributed by atoms with Crippen LogP contribution in [0.5, 0.6) is 0 Å². The SMILES string of the molecule is CC(C)(C)c1ccc(-c2cccc(-c3c4ccccc4c4c5c(cccc35)C3C=CC=CC43)n2)cc1. The van der Waals surface area contributed by atoms with E-state index in [2.05, 4.69) is 130 Å². The van der Waals surface area contributed by atoms with Gasteiger partial charge in [-0.2, -0.15) is 0 Å². The average molecular weight is 464 g/mol. The molecular formula is C35H29N. The van der Waals surface area contributed by atoms with Crippen molar-refractivity contribution in [1.29, 1.82) is 0 Å². The van der Waals surface area contributed by atoms with E-state index in [9.17, 15) is 0 Å². The predicted molar refractivity (Wildman–Crippen MR) is 153 cm³/mol. The molecule has 2 aliphatic rings. The third-order valence-electron chi connectivity index (χ3n) is 8.00. The molecule has 1 heterocycles. The molecule has 4 aromatic carbocycles. The number of aromatic nitrogens is 1. The highest BCUT2D eigenvalue weighted by molar-refractivity contribution is 6.17. The van der Waals surface area contributed by atoms with Gasteiger partial charge in [0.2, 0.25) is 0 Å². The van der Waals surface area contributed by atoms with Crippen LogP contribution in [0.15, 0.2) is 109 Å². The van der Waals surface area contributed by atoms with Crippen LogP contribution in [0.2, 0.25) is 0 Å². The first-order valence-corrected chi connectivity index (χ1v) is 12.9. The van der Waals surface area contributed by atoms with Crippen molar-refractivity contribution in [3.8, 4) is 22.5 Å². The van der Waals surface area contributed by atoms with Crippen LogP contribution in [0, 0.1) is 0 Å². The maximum Gasteiger partial charge on any atom is 0.0722 e. The average Bonchev–Trinajstić information content (AvgIpc) is 3.25. The summed E-state index contributed by atoms with van der Waals surface area (Å²) < 4.78 is 0. The smallest absolute Gasteiger partial charge is 0.0722 e. The van der Waals surface area contributed by atoms with Crippen LogP contribution >= 0.6 is 0 Å². The Hall–Kier alpha value is -3.97. The highest BCUT2D eigenvalue weighted by Gasteiger charge is 2.35. The first-order valence-electron chi connectivity index (χ1n) is 12.9. The molecule has 5 aromatic rings. The Morgan fingerprint density at radius 1 is 0.611 bits per heavy atom. The molecule has 2 atom stereocenters. The van der Waals surface area contributed by atoms with Crippen molar-refractivity contribution in [1.82, 2.24) is 4.98 Å². The molecule has 0 radical (unpaired) electrons. The third-order valence-corrected chi connectivity index (χ3v) is 8.00. The van der Waals surface area contributed by atoms with Crippen LogP contribution in [0.25, 0.3) is 44.1 Å². The van der Waals surface area contributed by atoms with Crippen molar-refractivity contribution in [2.24, 2.45) is 0 Å². The summed E-state index contributed by atoms with van der Waals surface area (Å²) in [6, 6.07) is 31.1.